The first kappa shape index (κ1) is 12.9. The van der Waals surface area contributed by atoms with Gasteiger partial charge in [-0.25, -0.2) is 4.98 Å². The second kappa shape index (κ2) is 5.88. The maximum Gasteiger partial charge on any atom is 0.0951 e. The number of imidazole rings is 1. The van der Waals surface area contributed by atoms with E-state index in [4.69, 9.17) is 0 Å². The molecule has 0 saturated carbocycles. The van der Waals surface area contributed by atoms with Crippen LogP contribution < -0.4 is 5.32 Å². The van der Waals surface area contributed by atoms with Crippen molar-refractivity contribution in [1.82, 2.24) is 14.9 Å². The van der Waals surface area contributed by atoms with Gasteiger partial charge in [-0.15, -0.1) is 0 Å². The van der Waals surface area contributed by atoms with Gasteiger partial charge >= 0.3 is 0 Å². The summed E-state index contributed by atoms with van der Waals surface area (Å²) in [5.74, 6) is 0. The predicted molar refractivity (Wildman–Crippen MR) is 80.1 cm³/mol. The first-order valence-corrected chi connectivity index (χ1v) is 7.60. The van der Waals surface area contributed by atoms with Crippen molar-refractivity contribution in [3.63, 3.8) is 0 Å². The fraction of sp³-hybridized carbons (Fsp3) is 0.400. The monoisotopic (exact) mass is 319 g/mol. The Bertz CT molecular complexity index is 527. The number of piperidine rings is 1. The van der Waals surface area contributed by atoms with Crippen LogP contribution in [-0.4, -0.2) is 16.1 Å². The van der Waals surface area contributed by atoms with Crippen LogP contribution in [0.1, 0.15) is 36.6 Å². The Kier molecular flexibility index (Phi) is 3.99. The lowest BCUT2D eigenvalue weighted by atomic mass is 10.0. The zero-order valence-electron chi connectivity index (χ0n) is 10.8. The molecule has 0 amide bonds. The van der Waals surface area contributed by atoms with Crippen LogP contribution in [0, 0.1) is 0 Å². The van der Waals surface area contributed by atoms with Crippen molar-refractivity contribution in [3.05, 3.63) is 52.5 Å². The Morgan fingerprint density at radius 2 is 2.11 bits per heavy atom. The molecule has 19 heavy (non-hydrogen) atoms. The fourth-order valence-corrected chi connectivity index (χ4v) is 2.91. The van der Waals surface area contributed by atoms with E-state index in [1.807, 2.05) is 12.5 Å². The summed E-state index contributed by atoms with van der Waals surface area (Å²) < 4.78 is 3.38. The first-order chi connectivity index (χ1) is 9.33. The molecule has 1 atom stereocenters. The summed E-state index contributed by atoms with van der Waals surface area (Å²) in [6.07, 6.45) is 7.75. The summed E-state index contributed by atoms with van der Waals surface area (Å²) in [6.45, 7) is 2.01. The third-order valence-electron chi connectivity index (χ3n) is 3.68. The van der Waals surface area contributed by atoms with Crippen molar-refractivity contribution in [2.45, 2.75) is 31.8 Å². The van der Waals surface area contributed by atoms with Crippen LogP contribution >= 0.6 is 15.9 Å². The molecule has 2 aromatic rings. The highest BCUT2D eigenvalue weighted by Crippen LogP contribution is 2.23. The van der Waals surface area contributed by atoms with E-state index in [0.717, 1.165) is 17.6 Å². The molecular formula is C15H18BrN3. The molecule has 1 saturated heterocycles. The molecule has 1 unspecified atom stereocenters. The van der Waals surface area contributed by atoms with E-state index in [-0.39, 0.29) is 0 Å². The number of nitrogens with zero attached hydrogens (tertiary/aromatic N) is 2. The molecule has 100 valence electrons. The molecule has 3 rings (SSSR count). The molecule has 1 aliphatic rings. The normalized spacial score (nSPS) is 19.5. The van der Waals surface area contributed by atoms with Crippen LogP contribution in [-0.2, 0) is 6.54 Å². The molecule has 0 radical (unpaired) electrons. The fourth-order valence-electron chi connectivity index (χ4n) is 2.64. The molecule has 2 heterocycles. The minimum absolute atomic E-state index is 0.465. The zero-order chi connectivity index (χ0) is 13.1. The van der Waals surface area contributed by atoms with Crippen molar-refractivity contribution in [2.24, 2.45) is 0 Å². The van der Waals surface area contributed by atoms with Gasteiger partial charge in [0.25, 0.3) is 0 Å². The molecule has 0 aliphatic carbocycles. The topological polar surface area (TPSA) is 29.9 Å². The minimum atomic E-state index is 0.465. The van der Waals surface area contributed by atoms with Gasteiger partial charge in [0.05, 0.1) is 12.0 Å². The molecule has 1 aliphatic heterocycles. The quantitative estimate of drug-likeness (QED) is 0.938. The van der Waals surface area contributed by atoms with Crippen LogP contribution in [0.25, 0.3) is 0 Å². The SMILES string of the molecule is Brc1ccc(Cn2cncc2C2CCCCN2)cc1. The minimum Gasteiger partial charge on any atom is -0.329 e. The summed E-state index contributed by atoms with van der Waals surface area (Å²) in [6, 6.07) is 8.95. The van der Waals surface area contributed by atoms with Crippen molar-refractivity contribution in [3.8, 4) is 0 Å². The van der Waals surface area contributed by atoms with Gasteiger partial charge in [-0.05, 0) is 37.1 Å². The molecular weight excluding hydrogens is 302 g/mol. The lowest BCUT2D eigenvalue weighted by molar-refractivity contribution is 0.396. The molecule has 1 fully saturated rings. The lowest BCUT2D eigenvalue weighted by Crippen LogP contribution is -2.28. The Balaban J connectivity index is 1.77. The Morgan fingerprint density at radius 1 is 1.26 bits per heavy atom. The number of hydrogen-bond acceptors (Lipinski definition) is 2. The van der Waals surface area contributed by atoms with Crippen LogP contribution in [0.15, 0.2) is 41.3 Å². The Labute approximate surface area is 122 Å². The van der Waals surface area contributed by atoms with Crippen molar-refractivity contribution < 1.29 is 0 Å². The number of aromatic nitrogens is 2. The standard InChI is InChI=1S/C15H18BrN3/c16-13-6-4-12(5-7-13)10-19-11-17-9-15(19)14-3-1-2-8-18-14/h4-7,9,11,14,18H,1-3,8,10H2. The van der Waals surface area contributed by atoms with Crippen LogP contribution in [0.2, 0.25) is 0 Å². The molecule has 1 aromatic carbocycles. The molecule has 1 aromatic heterocycles. The van der Waals surface area contributed by atoms with Crippen LogP contribution in [0.3, 0.4) is 0 Å². The van der Waals surface area contributed by atoms with Crippen LogP contribution in [0.5, 0.6) is 0 Å². The number of hydrogen-bond donors (Lipinski definition) is 1. The van der Waals surface area contributed by atoms with E-state index < -0.39 is 0 Å². The number of benzene rings is 1. The van der Waals surface area contributed by atoms with E-state index in [1.165, 1.54) is 30.5 Å². The van der Waals surface area contributed by atoms with Gasteiger partial charge in [-0.1, -0.05) is 34.5 Å². The van der Waals surface area contributed by atoms with E-state index >= 15 is 0 Å². The average molecular weight is 320 g/mol. The highest BCUT2D eigenvalue weighted by molar-refractivity contribution is 9.10. The number of rotatable bonds is 3. The lowest BCUT2D eigenvalue weighted by Gasteiger charge is -2.24. The third-order valence-corrected chi connectivity index (χ3v) is 4.21. The number of halogens is 1. The third kappa shape index (κ3) is 3.07. The Morgan fingerprint density at radius 3 is 2.84 bits per heavy atom. The van der Waals surface area contributed by atoms with E-state index in [1.54, 1.807) is 0 Å². The van der Waals surface area contributed by atoms with E-state index in [0.29, 0.717) is 6.04 Å². The molecule has 4 heteroatoms. The smallest absolute Gasteiger partial charge is 0.0951 e. The predicted octanol–water partition coefficient (Wildman–Crippen LogP) is 3.51. The first-order valence-electron chi connectivity index (χ1n) is 6.81. The van der Waals surface area contributed by atoms with Crippen molar-refractivity contribution >= 4 is 15.9 Å². The highest BCUT2D eigenvalue weighted by atomic mass is 79.9. The number of nitrogens with one attached hydrogen (secondary N) is 1. The largest absolute Gasteiger partial charge is 0.329 e. The molecule has 0 spiro atoms. The van der Waals surface area contributed by atoms with Crippen molar-refractivity contribution in [1.29, 1.82) is 0 Å². The van der Waals surface area contributed by atoms with Gasteiger partial charge in [-0.2, -0.15) is 0 Å². The second-order valence-corrected chi connectivity index (χ2v) is 5.99. The summed E-state index contributed by atoms with van der Waals surface area (Å²) in [7, 11) is 0. The van der Waals surface area contributed by atoms with Gasteiger partial charge in [0.2, 0.25) is 0 Å². The summed E-state index contributed by atoms with van der Waals surface area (Å²) in [5.41, 5.74) is 2.61. The van der Waals surface area contributed by atoms with Gasteiger partial charge in [0, 0.05) is 23.3 Å². The maximum absolute atomic E-state index is 4.32. The van der Waals surface area contributed by atoms with Gasteiger partial charge in [0.1, 0.15) is 0 Å². The second-order valence-electron chi connectivity index (χ2n) is 5.08. The van der Waals surface area contributed by atoms with Crippen molar-refractivity contribution in [2.75, 3.05) is 6.54 Å². The summed E-state index contributed by atoms with van der Waals surface area (Å²) in [4.78, 5) is 4.32. The Hall–Kier alpha value is -1.13. The van der Waals surface area contributed by atoms with Gasteiger partial charge < -0.3 is 9.88 Å². The zero-order valence-corrected chi connectivity index (χ0v) is 12.4. The van der Waals surface area contributed by atoms with Gasteiger partial charge in [-0.3, -0.25) is 0 Å². The molecule has 0 bridgehead atoms. The average Bonchev–Trinajstić information content (AvgIpc) is 2.90. The molecule has 3 nitrogen and oxygen atoms in total. The van der Waals surface area contributed by atoms with E-state index in [2.05, 4.69) is 55.1 Å². The maximum atomic E-state index is 4.32. The van der Waals surface area contributed by atoms with E-state index in [9.17, 15) is 0 Å². The summed E-state index contributed by atoms with van der Waals surface area (Å²) >= 11 is 3.47. The van der Waals surface area contributed by atoms with Crippen LogP contribution in [0.4, 0.5) is 0 Å². The molecule has 1 N–H and O–H groups in total. The highest BCUT2D eigenvalue weighted by Gasteiger charge is 2.18. The van der Waals surface area contributed by atoms with Gasteiger partial charge in [0.15, 0.2) is 0 Å². The summed E-state index contributed by atoms with van der Waals surface area (Å²) in [5, 5.41) is 3.59.